The maximum Gasteiger partial charge on any atom is 0.272 e. The number of benzene rings is 2. The van der Waals surface area contributed by atoms with Crippen LogP contribution < -0.4 is 5.32 Å². The van der Waals surface area contributed by atoms with Gasteiger partial charge >= 0.3 is 0 Å². The van der Waals surface area contributed by atoms with Gasteiger partial charge < -0.3 is 5.32 Å². The van der Waals surface area contributed by atoms with Gasteiger partial charge in [-0.25, -0.2) is 8.42 Å². The van der Waals surface area contributed by atoms with Crippen LogP contribution in [0.4, 0.5) is 5.69 Å². The largest absolute Gasteiger partial charge is 0.326 e. The van der Waals surface area contributed by atoms with E-state index < -0.39 is 21.2 Å². The normalized spacial score (nSPS) is 17.7. The number of sulfonamides is 1. The van der Waals surface area contributed by atoms with E-state index in [0.717, 1.165) is 22.9 Å². The molecule has 0 spiro atoms. The van der Waals surface area contributed by atoms with Gasteiger partial charge in [0.2, 0.25) is 5.91 Å². The molecule has 31 heavy (non-hydrogen) atoms. The van der Waals surface area contributed by atoms with Crippen molar-refractivity contribution < 1.29 is 18.0 Å². The van der Waals surface area contributed by atoms with Crippen molar-refractivity contribution in [3.8, 4) is 0 Å². The van der Waals surface area contributed by atoms with Gasteiger partial charge in [-0.2, -0.15) is 4.31 Å². The third-order valence-corrected chi connectivity index (χ3v) is 7.59. The second-order valence-corrected chi connectivity index (χ2v) is 9.96. The molecule has 2 aromatic carbocycles. The van der Waals surface area contributed by atoms with E-state index in [-0.39, 0.29) is 28.9 Å². The third kappa shape index (κ3) is 5.05. The average molecular weight is 458 g/mol. The summed E-state index contributed by atoms with van der Waals surface area (Å²) in [6.07, 6.45) is 1.33. The first-order valence-electron chi connectivity index (χ1n) is 9.57. The maximum atomic E-state index is 13.2. The molecule has 2 aromatic rings. The number of nitrogens with one attached hydrogen (secondary N) is 1. The van der Waals surface area contributed by atoms with Crippen LogP contribution in [0.25, 0.3) is 0 Å². The molecule has 1 aliphatic heterocycles. The smallest absolute Gasteiger partial charge is 0.272 e. The third-order valence-electron chi connectivity index (χ3n) is 4.60. The van der Waals surface area contributed by atoms with Crippen molar-refractivity contribution in [3.63, 3.8) is 0 Å². The predicted molar refractivity (Wildman–Crippen MR) is 124 cm³/mol. The molecule has 2 amide bonds. The molecule has 162 valence electrons. The second-order valence-electron chi connectivity index (χ2n) is 7.01. The molecular weight excluding hydrogens is 434 g/mol. The monoisotopic (exact) mass is 457 g/mol. The van der Waals surface area contributed by atoms with Gasteiger partial charge in [0.25, 0.3) is 15.9 Å². The van der Waals surface area contributed by atoms with E-state index in [1.54, 1.807) is 24.3 Å². The van der Waals surface area contributed by atoms with Crippen LogP contribution in [0.15, 0.2) is 71.1 Å². The number of amides is 2. The highest BCUT2D eigenvalue weighted by molar-refractivity contribution is 8.17. The van der Waals surface area contributed by atoms with Crippen LogP contribution in [0, 0.1) is 13.8 Å². The first-order valence-corrected chi connectivity index (χ1v) is 11.9. The highest BCUT2D eigenvalue weighted by Crippen LogP contribution is 2.34. The van der Waals surface area contributed by atoms with E-state index in [1.807, 2.05) is 26.0 Å². The lowest BCUT2D eigenvalue weighted by Gasteiger charge is -2.17. The van der Waals surface area contributed by atoms with Crippen LogP contribution in [0.3, 0.4) is 0 Å². The van der Waals surface area contributed by atoms with Crippen molar-refractivity contribution in [1.29, 1.82) is 0 Å². The zero-order valence-electron chi connectivity index (χ0n) is 17.2. The van der Waals surface area contributed by atoms with Gasteiger partial charge in [-0.3, -0.25) is 14.6 Å². The Bertz CT molecular complexity index is 1140. The molecule has 0 saturated carbocycles. The SMILES string of the molecule is C=CCN=C1S[C@@H](CC(=O)Nc2ccccc2C)C(=O)N1S(=O)(=O)c1ccc(C)cc1. The molecule has 0 bridgehead atoms. The molecule has 1 atom stereocenters. The Balaban J connectivity index is 1.85. The van der Waals surface area contributed by atoms with Crippen LogP contribution in [0.5, 0.6) is 0 Å². The van der Waals surface area contributed by atoms with E-state index in [2.05, 4.69) is 16.9 Å². The fourth-order valence-electron chi connectivity index (χ4n) is 2.94. The predicted octanol–water partition coefficient (Wildman–Crippen LogP) is 3.51. The molecule has 0 aromatic heterocycles. The Kier molecular flexibility index (Phi) is 6.97. The molecule has 3 rings (SSSR count). The lowest BCUT2D eigenvalue weighted by atomic mass is 10.2. The molecule has 0 aliphatic carbocycles. The number of carbonyl (C=O) groups excluding carboxylic acids is 2. The van der Waals surface area contributed by atoms with E-state index in [1.165, 1.54) is 18.2 Å². The number of rotatable bonds is 7. The van der Waals surface area contributed by atoms with E-state index >= 15 is 0 Å². The first-order chi connectivity index (χ1) is 14.7. The minimum absolute atomic E-state index is 0.0108. The van der Waals surface area contributed by atoms with Crippen molar-refractivity contribution in [2.24, 2.45) is 4.99 Å². The lowest BCUT2D eigenvalue weighted by molar-refractivity contribution is -0.125. The Labute approximate surface area is 186 Å². The average Bonchev–Trinajstić information content (AvgIpc) is 3.04. The van der Waals surface area contributed by atoms with Gasteiger partial charge in [0.1, 0.15) is 5.25 Å². The van der Waals surface area contributed by atoms with Gasteiger partial charge in [0.15, 0.2) is 5.17 Å². The minimum Gasteiger partial charge on any atom is -0.326 e. The fraction of sp³-hybridized carbons (Fsp3) is 0.227. The summed E-state index contributed by atoms with van der Waals surface area (Å²) < 4.78 is 27.1. The van der Waals surface area contributed by atoms with E-state index in [0.29, 0.717) is 9.99 Å². The number of hydrogen-bond acceptors (Lipinski definition) is 6. The van der Waals surface area contributed by atoms with Crippen molar-refractivity contribution >= 4 is 44.5 Å². The quantitative estimate of drug-likeness (QED) is 0.642. The number of anilines is 1. The van der Waals surface area contributed by atoms with Gasteiger partial charge in [-0.05, 0) is 37.6 Å². The maximum absolute atomic E-state index is 13.2. The number of aryl methyl sites for hydroxylation is 2. The standard InChI is InChI=1S/C22H23N3O4S2/c1-4-13-23-22-25(31(28,29)17-11-9-15(2)10-12-17)21(27)19(30-22)14-20(26)24-18-8-6-5-7-16(18)3/h4-12,19H,1,13-14H2,2-3H3,(H,24,26)/t19-/m0/s1. The highest BCUT2D eigenvalue weighted by atomic mass is 32.2. The number of aliphatic imine (C=N–C) groups is 1. The summed E-state index contributed by atoms with van der Waals surface area (Å²) >= 11 is 0.973. The van der Waals surface area contributed by atoms with Crippen LogP contribution in [0.2, 0.25) is 0 Å². The summed E-state index contributed by atoms with van der Waals surface area (Å²) in [5.41, 5.74) is 2.43. The second kappa shape index (κ2) is 9.49. The molecule has 0 unspecified atom stereocenters. The number of hydrogen-bond donors (Lipinski definition) is 1. The number of carbonyl (C=O) groups is 2. The minimum atomic E-state index is -4.15. The lowest BCUT2D eigenvalue weighted by Crippen LogP contribution is -2.38. The molecular formula is C22H23N3O4S2. The Morgan fingerprint density at radius 2 is 1.87 bits per heavy atom. The zero-order chi connectivity index (χ0) is 22.6. The van der Waals surface area contributed by atoms with Gasteiger partial charge in [0, 0.05) is 12.1 Å². The molecule has 1 saturated heterocycles. The van der Waals surface area contributed by atoms with E-state index in [9.17, 15) is 18.0 Å². The topological polar surface area (TPSA) is 95.9 Å². The van der Waals surface area contributed by atoms with Crippen molar-refractivity contribution in [1.82, 2.24) is 4.31 Å². The van der Waals surface area contributed by atoms with Crippen molar-refractivity contribution in [3.05, 3.63) is 72.3 Å². The Morgan fingerprint density at radius 1 is 1.19 bits per heavy atom. The van der Waals surface area contributed by atoms with Crippen LogP contribution in [-0.2, 0) is 19.6 Å². The summed E-state index contributed by atoms with van der Waals surface area (Å²) in [5.74, 6) is -1.06. The fourth-order valence-corrected chi connectivity index (χ4v) is 5.78. The summed E-state index contributed by atoms with van der Waals surface area (Å²) in [6, 6.07) is 13.5. The molecule has 7 nitrogen and oxygen atoms in total. The zero-order valence-corrected chi connectivity index (χ0v) is 18.9. The Hall–Kier alpha value is -2.91. The highest BCUT2D eigenvalue weighted by Gasteiger charge is 2.46. The first kappa shape index (κ1) is 22.8. The number of amidine groups is 1. The molecule has 1 aliphatic rings. The molecule has 1 fully saturated rings. The molecule has 1 N–H and O–H groups in total. The van der Waals surface area contributed by atoms with E-state index in [4.69, 9.17) is 0 Å². The van der Waals surface area contributed by atoms with Gasteiger partial charge in [-0.1, -0.05) is 53.7 Å². The number of nitrogens with zero attached hydrogens (tertiary/aromatic N) is 2. The molecule has 9 heteroatoms. The van der Waals surface area contributed by atoms with Crippen molar-refractivity contribution in [2.45, 2.75) is 30.4 Å². The summed E-state index contributed by atoms with van der Waals surface area (Å²) in [6.45, 7) is 7.44. The number of thioether (sulfide) groups is 1. The molecule has 1 heterocycles. The summed E-state index contributed by atoms with van der Waals surface area (Å²) in [7, 11) is -4.15. The van der Waals surface area contributed by atoms with Crippen LogP contribution >= 0.6 is 11.8 Å². The van der Waals surface area contributed by atoms with Crippen LogP contribution in [-0.4, -0.2) is 41.5 Å². The van der Waals surface area contributed by atoms with Gasteiger partial charge in [-0.15, -0.1) is 6.58 Å². The van der Waals surface area contributed by atoms with Crippen molar-refractivity contribution in [2.75, 3.05) is 11.9 Å². The summed E-state index contributed by atoms with van der Waals surface area (Å²) in [5, 5.41) is 1.92. The molecule has 0 radical (unpaired) electrons. The van der Waals surface area contributed by atoms with Crippen LogP contribution in [0.1, 0.15) is 17.5 Å². The van der Waals surface area contributed by atoms with Gasteiger partial charge in [0.05, 0.1) is 11.4 Å². The number of para-hydroxylation sites is 1. The Morgan fingerprint density at radius 3 is 2.52 bits per heavy atom. The summed E-state index contributed by atoms with van der Waals surface area (Å²) in [4.78, 5) is 29.8.